The van der Waals surface area contributed by atoms with Crippen LogP contribution >= 0.6 is 0 Å². The van der Waals surface area contributed by atoms with Crippen molar-refractivity contribution < 1.29 is 23.9 Å². The van der Waals surface area contributed by atoms with Gasteiger partial charge in [0, 0.05) is 51.3 Å². The van der Waals surface area contributed by atoms with Crippen LogP contribution in [0.1, 0.15) is 65.7 Å². The van der Waals surface area contributed by atoms with Gasteiger partial charge in [-0.25, -0.2) is 4.98 Å². The molecule has 2 saturated heterocycles. The summed E-state index contributed by atoms with van der Waals surface area (Å²) in [6.07, 6.45) is 6.69. The van der Waals surface area contributed by atoms with Crippen LogP contribution in [-0.2, 0) is 22.4 Å². The summed E-state index contributed by atoms with van der Waals surface area (Å²) in [6, 6.07) is 9.20. The van der Waals surface area contributed by atoms with Crippen molar-refractivity contribution in [2.45, 2.75) is 57.4 Å². The number of benzene rings is 1. The van der Waals surface area contributed by atoms with Gasteiger partial charge in [0.05, 0.1) is 19.8 Å². The van der Waals surface area contributed by atoms with Crippen molar-refractivity contribution in [1.29, 1.82) is 5.26 Å². The van der Waals surface area contributed by atoms with Crippen LogP contribution in [0.15, 0.2) is 30.5 Å². The highest BCUT2D eigenvalue weighted by molar-refractivity contribution is 5.94. The van der Waals surface area contributed by atoms with Crippen molar-refractivity contribution in [3.05, 3.63) is 52.8 Å². The lowest BCUT2D eigenvalue weighted by molar-refractivity contribution is -0.140. The Morgan fingerprint density at radius 2 is 1.90 bits per heavy atom. The molecular weight excluding hydrogens is 534 g/mol. The fourth-order valence-electron chi connectivity index (χ4n) is 6.84. The number of aryl methyl sites for hydroxylation is 2. The van der Waals surface area contributed by atoms with Crippen molar-refractivity contribution in [3.63, 3.8) is 0 Å². The highest BCUT2D eigenvalue weighted by Gasteiger charge is 2.43. The Bertz CT molecular complexity index is 1350. The van der Waals surface area contributed by atoms with E-state index < -0.39 is 0 Å². The number of aromatic nitrogens is 1. The molecule has 1 aromatic carbocycles. The molecule has 0 unspecified atom stereocenters. The Morgan fingerprint density at radius 3 is 2.64 bits per heavy atom. The highest BCUT2D eigenvalue weighted by atomic mass is 16.5. The minimum absolute atomic E-state index is 0.0146. The average Bonchev–Trinajstić information content (AvgIpc) is 3.01. The molecular formula is C32H39N5O5. The topological polar surface area (TPSA) is 125 Å². The maximum atomic E-state index is 13.8. The Balaban J connectivity index is 1.36. The molecule has 1 N–H and O–H groups in total. The number of hydrogen-bond acceptors (Lipinski definition) is 7. The molecule has 3 amide bonds. The summed E-state index contributed by atoms with van der Waals surface area (Å²) in [5.41, 5.74) is 2.77. The SMILES string of the molecule is COc1cc2cc(c1OC)CCCNC(=O)CCC[C@H]1[C@H]3C[C@@H](CN(C(=O)c4ccc(C#N)nc4)C3)CN1C(=O)CC2. The number of likely N-dealkylation sites (tertiary alicyclic amines) is 1. The van der Waals surface area contributed by atoms with Gasteiger partial charge in [-0.15, -0.1) is 0 Å². The number of rotatable bonds is 3. The van der Waals surface area contributed by atoms with E-state index in [2.05, 4.69) is 16.4 Å². The quantitative estimate of drug-likeness (QED) is 0.598. The molecule has 0 saturated carbocycles. The van der Waals surface area contributed by atoms with E-state index in [0.29, 0.717) is 68.9 Å². The molecule has 3 aliphatic rings. The minimum atomic E-state index is -0.0988. The van der Waals surface area contributed by atoms with E-state index in [-0.39, 0.29) is 41.3 Å². The zero-order chi connectivity index (χ0) is 29.6. The number of nitrogens with one attached hydrogen (secondary N) is 1. The first-order valence-corrected chi connectivity index (χ1v) is 14.9. The van der Waals surface area contributed by atoms with E-state index in [1.165, 1.54) is 6.20 Å². The zero-order valence-corrected chi connectivity index (χ0v) is 24.4. The van der Waals surface area contributed by atoms with Gasteiger partial charge < -0.3 is 24.6 Å². The van der Waals surface area contributed by atoms with E-state index >= 15 is 0 Å². The zero-order valence-electron chi connectivity index (χ0n) is 24.4. The first-order valence-electron chi connectivity index (χ1n) is 14.9. The standard InChI is InChI=1S/C32H39N5O5/c1-41-28-15-21-8-11-30(39)37-19-22-14-25(20-36(18-22)32(40)24-9-10-26(16-33)35-17-24)27(37)6-3-7-29(38)34-12-4-5-23(13-21)31(28)42-2/h9-10,13,15,17,22,25,27H,3-8,11-12,14,18-20H2,1-2H3,(H,34,38)/t22-,25-,27-/m0/s1. The van der Waals surface area contributed by atoms with Crippen LogP contribution in [0.4, 0.5) is 0 Å². The van der Waals surface area contributed by atoms with Crippen molar-refractivity contribution in [2.24, 2.45) is 11.8 Å². The molecule has 42 heavy (non-hydrogen) atoms. The van der Waals surface area contributed by atoms with Gasteiger partial charge in [0.1, 0.15) is 11.8 Å². The number of carbonyl (C=O) groups is 3. The van der Waals surface area contributed by atoms with Gasteiger partial charge in [-0.3, -0.25) is 14.4 Å². The van der Waals surface area contributed by atoms with Gasteiger partial charge in [-0.2, -0.15) is 5.26 Å². The number of pyridine rings is 1. The van der Waals surface area contributed by atoms with Crippen LogP contribution in [0.25, 0.3) is 0 Å². The monoisotopic (exact) mass is 573 g/mol. The van der Waals surface area contributed by atoms with Crippen LogP contribution < -0.4 is 14.8 Å². The Morgan fingerprint density at radius 1 is 1.05 bits per heavy atom. The van der Waals surface area contributed by atoms with Gasteiger partial charge >= 0.3 is 0 Å². The van der Waals surface area contributed by atoms with Crippen molar-refractivity contribution in [3.8, 4) is 17.6 Å². The van der Waals surface area contributed by atoms with Crippen LogP contribution in [0, 0.1) is 23.2 Å². The molecule has 2 aromatic rings. The number of nitrogens with zero attached hydrogens (tertiary/aromatic N) is 4. The normalized spacial score (nSPS) is 23.3. The van der Waals surface area contributed by atoms with Crippen LogP contribution in [-0.4, -0.2) is 78.9 Å². The van der Waals surface area contributed by atoms with Crippen molar-refractivity contribution in [1.82, 2.24) is 20.1 Å². The lowest BCUT2D eigenvalue weighted by Gasteiger charge is -2.51. The fourth-order valence-corrected chi connectivity index (χ4v) is 6.84. The molecule has 2 fully saturated rings. The Hall–Kier alpha value is -4.13. The third-order valence-electron chi connectivity index (χ3n) is 8.79. The molecule has 3 aliphatic heterocycles. The Labute approximate surface area is 247 Å². The fraction of sp³-hybridized carbons (Fsp3) is 0.531. The van der Waals surface area contributed by atoms with Crippen LogP contribution in [0.3, 0.4) is 0 Å². The molecule has 0 radical (unpaired) electrons. The number of hydrogen-bond donors (Lipinski definition) is 1. The summed E-state index contributed by atoms with van der Waals surface area (Å²) in [5.74, 6) is 1.68. The molecule has 10 nitrogen and oxygen atoms in total. The van der Waals surface area contributed by atoms with Crippen LogP contribution in [0.2, 0.25) is 0 Å². The lowest BCUT2D eigenvalue weighted by Crippen LogP contribution is -2.60. The smallest absolute Gasteiger partial charge is 0.255 e. The van der Waals surface area contributed by atoms with Gasteiger partial charge in [0.2, 0.25) is 11.8 Å². The predicted octanol–water partition coefficient (Wildman–Crippen LogP) is 3.13. The lowest BCUT2D eigenvalue weighted by atomic mass is 9.77. The average molecular weight is 574 g/mol. The molecule has 0 spiro atoms. The Kier molecular flexibility index (Phi) is 9.25. The van der Waals surface area contributed by atoms with E-state index in [4.69, 9.17) is 14.7 Å². The second-order valence-corrected chi connectivity index (χ2v) is 11.6. The molecule has 4 bridgehead atoms. The van der Waals surface area contributed by atoms with Gasteiger partial charge in [-0.05, 0) is 79.7 Å². The summed E-state index contributed by atoms with van der Waals surface area (Å²) < 4.78 is 11.3. The van der Waals surface area contributed by atoms with Crippen molar-refractivity contribution in [2.75, 3.05) is 40.4 Å². The molecule has 3 atom stereocenters. The number of nitriles is 1. The molecule has 222 valence electrons. The second kappa shape index (κ2) is 13.2. The number of amides is 3. The summed E-state index contributed by atoms with van der Waals surface area (Å²) in [4.78, 5) is 47.8. The largest absolute Gasteiger partial charge is 0.493 e. The number of ether oxygens (including phenoxy) is 2. The molecule has 4 heterocycles. The second-order valence-electron chi connectivity index (χ2n) is 11.6. The van der Waals surface area contributed by atoms with E-state index in [9.17, 15) is 14.4 Å². The molecule has 5 rings (SSSR count). The molecule has 10 heteroatoms. The van der Waals surface area contributed by atoms with Gasteiger partial charge in [0.25, 0.3) is 5.91 Å². The van der Waals surface area contributed by atoms with Gasteiger partial charge in [-0.1, -0.05) is 6.07 Å². The van der Waals surface area contributed by atoms with E-state index in [1.54, 1.807) is 26.4 Å². The van der Waals surface area contributed by atoms with Crippen molar-refractivity contribution >= 4 is 17.7 Å². The first-order chi connectivity index (χ1) is 20.4. The summed E-state index contributed by atoms with van der Waals surface area (Å²) >= 11 is 0. The number of methoxy groups -OCH3 is 2. The first kappa shape index (κ1) is 29.4. The predicted molar refractivity (Wildman–Crippen MR) is 155 cm³/mol. The molecule has 1 aromatic heterocycles. The maximum absolute atomic E-state index is 13.8. The summed E-state index contributed by atoms with van der Waals surface area (Å²) in [5, 5.41) is 12.1. The third-order valence-corrected chi connectivity index (χ3v) is 8.79. The van der Waals surface area contributed by atoms with Gasteiger partial charge in [0.15, 0.2) is 11.5 Å². The molecule has 0 aliphatic carbocycles. The van der Waals surface area contributed by atoms with E-state index in [0.717, 1.165) is 36.8 Å². The maximum Gasteiger partial charge on any atom is 0.255 e. The highest BCUT2D eigenvalue weighted by Crippen LogP contribution is 2.37. The number of carbonyl (C=O) groups excluding carboxylic acids is 3. The summed E-state index contributed by atoms with van der Waals surface area (Å²) in [6.45, 7) is 2.30. The summed E-state index contributed by atoms with van der Waals surface area (Å²) in [7, 11) is 3.24. The number of piperidine rings is 2. The van der Waals surface area contributed by atoms with E-state index in [1.807, 2.05) is 21.9 Å². The van der Waals surface area contributed by atoms with Crippen LogP contribution in [0.5, 0.6) is 11.5 Å². The number of fused-ring (bicyclic) bond motifs is 6. The minimum Gasteiger partial charge on any atom is -0.493 e. The third kappa shape index (κ3) is 6.51.